The van der Waals surface area contributed by atoms with E-state index in [0.29, 0.717) is 28.4 Å². The molecule has 0 saturated heterocycles. The first-order valence-corrected chi connectivity index (χ1v) is 9.34. The Morgan fingerprint density at radius 3 is 2.89 bits per heavy atom. The van der Waals surface area contributed by atoms with Gasteiger partial charge in [0.05, 0.1) is 10.6 Å². The molecule has 0 aromatic carbocycles. The summed E-state index contributed by atoms with van der Waals surface area (Å²) in [5.41, 5.74) is 2.30. The molecule has 0 spiro atoms. The summed E-state index contributed by atoms with van der Waals surface area (Å²) in [5, 5.41) is 3.01. The van der Waals surface area contributed by atoms with Crippen LogP contribution in [0.15, 0.2) is 29.3 Å². The molecule has 1 atom stereocenters. The second-order valence-electron chi connectivity index (χ2n) is 5.95. The molecule has 0 radical (unpaired) electrons. The van der Waals surface area contributed by atoms with Gasteiger partial charge in [0.2, 0.25) is 0 Å². The number of carbonyl (C=O) groups is 1. The average Bonchev–Trinajstić information content (AvgIpc) is 3.11. The molecular weight excluding hydrogens is 417 g/mol. The van der Waals surface area contributed by atoms with Gasteiger partial charge in [-0.1, -0.05) is 17.7 Å². The minimum atomic E-state index is -4.73. The Morgan fingerprint density at radius 2 is 2.21 bits per heavy atom. The van der Waals surface area contributed by atoms with Crippen molar-refractivity contribution >= 4 is 41.2 Å². The summed E-state index contributed by atoms with van der Waals surface area (Å²) in [7, 11) is 0. The summed E-state index contributed by atoms with van der Waals surface area (Å²) in [4.78, 5) is 17.3. The van der Waals surface area contributed by atoms with E-state index in [9.17, 15) is 18.0 Å². The Kier molecular flexibility index (Phi) is 6.04. The van der Waals surface area contributed by atoms with Crippen LogP contribution in [0, 0.1) is 6.92 Å². The molecule has 1 amide bonds. The van der Waals surface area contributed by atoms with E-state index >= 15 is 0 Å². The number of allylic oxidation sites excluding steroid dienone is 1. The van der Waals surface area contributed by atoms with Gasteiger partial charge in [-0.05, 0) is 49.6 Å². The lowest BCUT2D eigenvalue weighted by atomic mass is 10.2. The molecule has 1 unspecified atom stereocenters. The molecule has 0 aliphatic carbocycles. The summed E-state index contributed by atoms with van der Waals surface area (Å²) in [6.07, 6.45) is -0.827. The van der Waals surface area contributed by atoms with Gasteiger partial charge in [-0.2, -0.15) is 0 Å². The molecule has 150 valence electrons. The zero-order valence-corrected chi connectivity index (χ0v) is 16.4. The van der Waals surface area contributed by atoms with Crippen LogP contribution in [0.5, 0.6) is 0 Å². The first-order valence-electron chi connectivity index (χ1n) is 8.15. The fraction of sp³-hybridized carbons (Fsp3) is 0.294. The summed E-state index contributed by atoms with van der Waals surface area (Å²) < 4.78 is 45.3. The van der Waals surface area contributed by atoms with E-state index in [0.717, 1.165) is 17.6 Å². The first kappa shape index (κ1) is 20.7. The fourth-order valence-corrected chi connectivity index (χ4v) is 3.87. The Bertz CT molecular complexity index is 930. The van der Waals surface area contributed by atoms with Crippen LogP contribution in [0.4, 0.5) is 18.9 Å². The van der Waals surface area contributed by atoms with Gasteiger partial charge in [0.15, 0.2) is 0 Å². The lowest BCUT2D eigenvalue weighted by Crippen LogP contribution is -2.30. The number of rotatable bonds is 6. The quantitative estimate of drug-likeness (QED) is 0.396. The number of amides is 1. The van der Waals surface area contributed by atoms with Crippen LogP contribution in [0.1, 0.15) is 28.7 Å². The van der Waals surface area contributed by atoms with Gasteiger partial charge in [0.1, 0.15) is 17.1 Å². The van der Waals surface area contributed by atoms with Crippen molar-refractivity contribution in [3.05, 3.63) is 46.5 Å². The summed E-state index contributed by atoms with van der Waals surface area (Å²) in [5.74, 6) is -0.351. The van der Waals surface area contributed by atoms with E-state index in [2.05, 4.69) is 19.8 Å². The summed E-state index contributed by atoms with van der Waals surface area (Å²) in [6.45, 7) is 3.49. The Labute approximate surface area is 168 Å². The van der Waals surface area contributed by atoms with Crippen LogP contribution in [0.25, 0.3) is 6.08 Å². The van der Waals surface area contributed by atoms with Gasteiger partial charge in [-0.3, -0.25) is 9.53 Å². The average molecular weight is 433 g/mol. The van der Waals surface area contributed by atoms with Crippen molar-refractivity contribution < 1.29 is 22.7 Å². The summed E-state index contributed by atoms with van der Waals surface area (Å²) >= 11 is 6.83. The number of nitrogens with zero attached hydrogens (tertiary/aromatic N) is 2. The lowest BCUT2D eigenvalue weighted by molar-refractivity contribution is -0.341. The molecule has 28 heavy (non-hydrogen) atoms. The largest absolute Gasteiger partial charge is 0.524 e. The minimum absolute atomic E-state index is 0.246. The van der Waals surface area contributed by atoms with Crippen LogP contribution in [-0.2, 0) is 11.3 Å². The predicted octanol–water partition coefficient (Wildman–Crippen LogP) is 4.60. The van der Waals surface area contributed by atoms with Crippen molar-refractivity contribution in [2.75, 3.05) is 5.32 Å². The number of aromatic nitrogens is 2. The van der Waals surface area contributed by atoms with E-state index in [1.807, 2.05) is 12.2 Å². The van der Waals surface area contributed by atoms with Crippen LogP contribution < -0.4 is 10.0 Å². The number of pyridine rings is 1. The number of alkyl halides is 3. The van der Waals surface area contributed by atoms with Crippen LogP contribution in [-0.4, -0.2) is 28.0 Å². The molecule has 0 bridgehead atoms. The number of hydrogen-bond donors (Lipinski definition) is 2. The maximum absolute atomic E-state index is 12.8. The molecule has 2 N–H and O–H groups in total. The van der Waals surface area contributed by atoms with E-state index < -0.39 is 12.6 Å². The SMILES string of the molecule is Cc1c(SNC(C)OC(F)(F)F)c2n(c1C(=O)Nc1ccnc(Cl)c1)CC=C2. The van der Waals surface area contributed by atoms with Crippen molar-refractivity contribution in [2.45, 2.75) is 37.9 Å². The van der Waals surface area contributed by atoms with Gasteiger partial charge in [0.25, 0.3) is 5.91 Å². The first-order chi connectivity index (χ1) is 13.2. The molecule has 2 aromatic heterocycles. The summed E-state index contributed by atoms with van der Waals surface area (Å²) in [6, 6.07) is 3.13. The maximum atomic E-state index is 12.8. The number of halogens is 4. The van der Waals surface area contributed by atoms with Gasteiger partial charge < -0.3 is 9.88 Å². The van der Waals surface area contributed by atoms with Crippen LogP contribution in [0.3, 0.4) is 0 Å². The third-order valence-corrected chi connectivity index (χ3v) is 5.27. The number of nitrogens with one attached hydrogen (secondary N) is 2. The van der Waals surface area contributed by atoms with Gasteiger partial charge in [-0.15, -0.1) is 13.2 Å². The van der Waals surface area contributed by atoms with E-state index in [1.54, 1.807) is 17.6 Å². The standard InChI is InChI=1S/C17H16ClF3N4O2S/c1-9-14(16(26)23-11-5-6-22-13(18)8-11)25-7-3-4-12(25)15(9)28-24-10(2)27-17(19,20)21/h3-6,8,10,24H,7H2,1-2H3,(H,22,23,26). The molecule has 3 heterocycles. The highest BCUT2D eigenvalue weighted by molar-refractivity contribution is 7.97. The second-order valence-corrected chi connectivity index (χ2v) is 7.18. The lowest BCUT2D eigenvalue weighted by Gasteiger charge is -2.16. The zero-order valence-electron chi connectivity index (χ0n) is 14.8. The molecule has 1 aliphatic heterocycles. The highest BCUT2D eigenvalue weighted by Gasteiger charge is 2.32. The molecule has 1 aliphatic rings. The fourth-order valence-electron chi connectivity index (χ4n) is 2.83. The number of ether oxygens (including phenoxy) is 1. The molecule has 11 heteroatoms. The smallest absolute Gasteiger partial charge is 0.332 e. The Balaban J connectivity index is 1.80. The van der Waals surface area contributed by atoms with Crippen molar-refractivity contribution in [3.8, 4) is 0 Å². The van der Waals surface area contributed by atoms with Crippen molar-refractivity contribution in [3.63, 3.8) is 0 Å². The molecule has 6 nitrogen and oxygen atoms in total. The highest BCUT2D eigenvalue weighted by atomic mass is 35.5. The number of fused-ring (bicyclic) bond motifs is 1. The van der Waals surface area contributed by atoms with Crippen LogP contribution >= 0.6 is 23.5 Å². The molecule has 0 fully saturated rings. The number of hydrogen-bond acceptors (Lipinski definition) is 5. The minimum Gasteiger partial charge on any atom is -0.332 e. The van der Waals surface area contributed by atoms with Gasteiger partial charge >= 0.3 is 6.36 Å². The third kappa shape index (κ3) is 4.69. The molecule has 2 aromatic rings. The molecular formula is C17H16ClF3N4O2S. The van der Waals surface area contributed by atoms with Gasteiger partial charge in [0, 0.05) is 18.4 Å². The number of anilines is 1. The molecule has 0 saturated carbocycles. The Hall–Kier alpha value is -2.01. The van der Waals surface area contributed by atoms with Crippen molar-refractivity contribution in [1.29, 1.82) is 0 Å². The number of carbonyl (C=O) groups excluding carboxylic acids is 1. The predicted molar refractivity (Wildman–Crippen MR) is 101 cm³/mol. The van der Waals surface area contributed by atoms with Crippen molar-refractivity contribution in [2.24, 2.45) is 0 Å². The van der Waals surface area contributed by atoms with Gasteiger partial charge in [-0.25, -0.2) is 9.71 Å². The van der Waals surface area contributed by atoms with E-state index in [4.69, 9.17) is 11.6 Å². The zero-order chi connectivity index (χ0) is 20.5. The Morgan fingerprint density at radius 1 is 1.46 bits per heavy atom. The normalized spacial score (nSPS) is 14.2. The molecule has 3 rings (SSSR count). The van der Waals surface area contributed by atoms with Crippen LogP contribution in [0.2, 0.25) is 5.15 Å². The monoisotopic (exact) mass is 432 g/mol. The maximum Gasteiger partial charge on any atom is 0.524 e. The van der Waals surface area contributed by atoms with E-state index in [1.165, 1.54) is 19.2 Å². The van der Waals surface area contributed by atoms with E-state index in [-0.39, 0.29) is 11.1 Å². The second kappa shape index (κ2) is 8.16. The third-order valence-electron chi connectivity index (χ3n) is 3.89. The topological polar surface area (TPSA) is 68.2 Å². The van der Waals surface area contributed by atoms with Crippen molar-refractivity contribution in [1.82, 2.24) is 14.3 Å². The highest BCUT2D eigenvalue weighted by Crippen LogP contribution is 2.35.